The van der Waals surface area contributed by atoms with Gasteiger partial charge in [-0.2, -0.15) is 0 Å². The monoisotopic (exact) mass is 349 g/mol. The Hall–Kier alpha value is -1.68. The maximum atomic E-state index is 13.7. The molecule has 2 rings (SSSR count). The number of carbonyl (C=O) groups is 1. The molecule has 0 radical (unpaired) electrons. The molecule has 110 valence electrons. The highest BCUT2D eigenvalue weighted by Gasteiger charge is 2.15. The fourth-order valence-corrected chi connectivity index (χ4v) is 2.26. The Morgan fingerprint density at radius 1 is 1.10 bits per heavy atom. The SMILES string of the molecule is CC(C)(C)c1ccc(NC(=O)c2ccc(Br)cc2F)cc1. The van der Waals surface area contributed by atoms with Crippen LogP contribution in [0.1, 0.15) is 36.7 Å². The first-order valence-electron chi connectivity index (χ1n) is 6.64. The molecule has 0 fully saturated rings. The third-order valence-electron chi connectivity index (χ3n) is 3.18. The molecule has 0 heterocycles. The van der Waals surface area contributed by atoms with E-state index in [9.17, 15) is 9.18 Å². The van der Waals surface area contributed by atoms with Gasteiger partial charge in [0.15, 0.2) is 0 Å². The van der Waals surface area contributed by atoms with Gasteiger partial charge in [-0.15, -0.1) is 0 Å². The van der Waals surface area contributed by atoms with Crippen molar-refractivity contribution in [3.8, 4) is 0 Å². The van der Waals surface area contributed by atoms with Gasteiger partial charge in [0.05, 0.1) is 5.56 Å². The van der Waals surface area contributed by atoms with E-state index in [-0.39, 0.29) is 11.0 Å². The Bertz CT molecular complexity index is 659. The molecule has 0 bridgehead atoms. The Labute approximate surface area is 132 Å². The number of hydrogen-bond acceptors (Lipinski definition) is 1. The van der Waals surface area contributed by atoms with Crippen LogP contribution in [0.3, 0.4) is 0 Å². The lowest BCUT2D eigenvalue weighted by molar-refractivity contribution is 0.102. The predicted molar refractivity (Wildman–Crippen MR) is 87.2 cm³/mol. The van der Waals surface area contributed by atoms with Crippen molar-refractivity contribution in [1.82, 2.24) is 0 Å². The summed E-state index contributed by atoms with van der Waals surface area (Å²) in [6.45, 7) is 6.37. The number of anilines is 1. The van der Waals surface area contributed by atoms with E-state index in [0.29, 0.717) is 10.2 Å². The number of amides is 1. The zero-order valence-electron chi connectivity index (χ0n) is 12.2. The van der Waals surface area contributed by atoms with Gasteiger partial charge in [-0.1, -0.05) is 48.8 Å². The molecule has 0 aliphatic rings. The molecule has 1 N–H and O–H groups in total. The van der Waals surface area contributed by atoms with Gasteiger partial charge in [0, 0.05) is 10.2 Å². The van der Waals surface area contributed by atoms with Crippen LogP contribution in [-0.2, 0) is 5.41 Å². The Morgan fingerprint density at radius 2 is 1.71 bits per heavy atom. The van der Waals surface area contributed by atoms with Crippen molar-refractivity contribution in [2.75, 3.05) is 5.32 Å². The summed E-state index contributed by atoms with van der Waals surface area (Å²) in [4.78, 5) is 12.1. The fraction of sp³-hybridized carbons (Fsp3) is 0.235. The number of carbonyl (C=O) groups excluding carboxylic acids is 1. The lowest BCUT2D eigenvalue weighted by Gasteiger charge is -2.19. The van der Waals surface area contributed by atoms with Crippen LogP contribution in [-0.4, -0.2) is 5.91 Å². The maximum Gasteiger partial charge on any atom is 0.258 e. The maximum absolute atomic E-state index is 13.7. The molecule has 21 heavy (non-hydrogen) atoms. The highest BCUT2D eigenvalue weighted by molar-refractivity contribution is 9.10. The lowest BCUT2D eigenvalue weighted by atomic mass is 9.87. The van der Waals surface area contributed by atoms with E-state index in [0.717, 1.165) is 0 Å². The van der Waals surface area contributed by atoms with E-state index < -0.39 is 11.7 Å². The van der Waals surface area contributed by atoms with Crippen molar-refractivity contribution in [3.63, 3.8) is 0 Å². The van der Waals surface area contributed by atoms with E-state index in [1.54, 1.807) is 6.07 Å². The minimum Gasteiger partial charge on any atom is -0.322 e. The molecule has 0 atom stereocenters. The van der Waals surface area contributed by atoms with Gasteiger partial charge in [-0.25, -0.2) is 4.39 Å². The topological polar surface area (TPSA) is 29.1 Å². The molecule has 2 nitrogen and oxygen atoms in total. The van der Waals surface area contributed by atoms with Crippen molar-refractivity contribution in [2.24, 2.45) is 0 Å². The van der Waals surface area contributed by atoms with Crippen LogP contribution in [0, 0.1) is 5.82 Å². The minimum atomic E-state index is -0.548. The molecule has 1 amide bonds. The van der Waals surface area contributed by atoms with Crippen molar-refractivity contribution in [1.29, 1.82) is 0 Å². The Kier molecular flexibility index (Phi) is 4.47. The quantitative estimate of drug-likeness (QED) is 0.799. The summed E-state index contributed by atoms with van der Waals surface area (Å²) >= 11 is 3.17. The van der Waals surface area contributed by atoms with E-state index in [1.807, 2.05) is 24.3 Å². The summed E-state index contributed by atoms with van der Waals surface area (Å²) in [5.41, 5.74) is 1.91. The normalized spacial score (nSPS) is 11.3. The van der Waals surface area contributed by atoms with E-state index in [1.165, 1.54) is 17.7 Å². The molecule has 0 unspecified atom stereocenters. The summed E-state index contributed by atoms with van der Waals surface area (Å²) in [6, 6.07) is 12.0. The van der Waals surface area contributed by atoms with Gasteiger partial charge < -0.3 is 5.32 Å². The van der Waals surface area contributed by atoms with Crippen LogP contribution in [0.5, 0.6) is 0 Å². The summed E-state index contributed by atoms with van der Waals surface area (Å²) in [5.74, 6) is -1.00. The lowest BCUT2D eigenvalue weighted by Crippen LogP contribution is -2.14. The number of hydrogen-bond donors (Lipinski definition) is 1. The molecule has 0 spiro atoms. The molecular weight excluding hydrogens is 333 g/mol. The van der Waals surface area contributed by atoms with Crippen molar-refractivity contribution in [2.45, 2.75) is 26.2 Å². The van der Waals surface area contributed by atoms with Crippen molar-refractivity contribution >= 4 is 27.5 Å². The van der Waals surface area contributed by atoms with Gasteiger partial charge in [-0.05, 0) is 41.3 Å². The van der Waals surface area contributed by atoms with Crippen LogP contribution < -0.4 is 5.32 Å². The summed E-state index contributed by atoms with van der Waals surface area (Å²) in [6.07, 6.45) is 0. The smallest absolute Gasteiger partial charge is 0.258 e. The van der Waals surface area contributed by atoms with Gasteiger partial charge in [-0.3, -0.25) is 4.79 Å². The molecule has 0 saturated heterocycles. The van der Waals surface area contributed by atoms with Gasteiger partial charge in [0.2, 0.25) is 0 Å². The van der Waals surface area contributed by atoms with Crippen LogP contribution in [0.2, 0.25) is 0 Å². The average Bonchev–Trinajstić information content (AvgIpc) is 2.38. The van der Waals surface area contributed by atoms with E-state index in [2.05, 4.69) is 42.0 Å². The molecule has 0 saturated carbocycles. The predicted octanol–water partition coefficient (Wildman–Crippen LogP) is 5.14. The first-order valence-corrected chi connectivity index (χ1v) is 7.43. The first kappa shape index (κ1) is 15.7. The van der Waals surface area contributed by atoms with Crippen LogP contribution in [0.25, 0.3) is 0 Å². The largest absolute Gasteiger partial charge is 0.322 e. The van der Waals surface area contributed by atoms with Crippen LogP contribution in [0.4, 0.5) is 10.1 Å². The molecule has 2 aromatic rings. The Balaban J connectivity index is 2.16. The third kappa shape index (κ3) is 3.91. The molecule has 2 aromatic carbocycles. The molecular formula is C17H17BrFNO. The third-order valence-corrected chi connectivity index (χ3v) is 3.68. The second-order valence-electron chi connectivity index (χ2n) is 5.91. The summed E-state index contributed by atoms with van der Waals surface area (Å²) < 4.78 is 14.3. The van der Waals surface area contributed by atoms with Crippen molar-refractivity contribution < 1.29 is 9.18 Å². The number of benzene rings is 2. The molecule has 0 aromatic heterocycles. The molecule has 4 heteroatoms. The van der Waals surface area contributed by atoms with Gasteiger partial charge >= 0.3 is 0 Å². The summed E-state index contributed by atoms with van der Waals surface area (Å²) in [5, 5.41) is 2.70. The van der Waals surface area contributed by atoms with E-state index in [4.69, 9.17) is 0 Å². The highest BCUT2D eigenvalue weighted by atomic mass is 79.9. The van der Waals surface area contributed by atoms with Gasteiger partial charge in [0.1, 0.15) is 5.82 Å². The minimum absolute atomic E-state index is 0.0260. The van der Waals surface area contributed by atoms with Crippen LogP contribution >= 0.6 is 15.9 Å². The number of rotatable bonds is 2. The first-order chi connectivity index (χ1) is 9.77. The van der Waals surface area contributed by atoms with Crippen molar-refractivity contribution in [3.05, 3.63) is 63.9 Å². The number of nitrogens with one attached hydrogen (secondary N) is 1. The zero-order valence-corrected chi connectivity index (χ0v) is 13.8. The second kappa shape index (κ2) is 5.98. The number of halogens is 2. The standard InChI is InChI=1S/C17H17BrFNO/c1-17(2,3)11-4-7-13(8-5-11)20-16(21)14-9-6-12(18)10-15(14)19/h4-10H,1-3H3,(H,20,21). The molecule has 0 aliphatic heterocycles. The van der Waals surface area contributed by atoms with Crippen LogP contribution in [0.15, 0.2) is 46.9 Å². The summed E-state index contributed by atoms with van der Waals surface area (Å²) in [7, 11) is 0. The Morgan fingerprint density at radius 3 is 2.24 bits per heavy atom. The zero-order chi connectivity index (χ0) is 15.6. The second-order valence-corrected chi connectivity index (χ2v) is 6.82. The highest BCUT2D eigenvalue weighted by Crippen LogP contribution is 2.24. The average molecular weight is 350 g/mol. The van der Waals surface area contributed by atoms with E-state index >= 15 is 0 Å². The van der Waals surface area contributed by atoms with Gasteiger partial charge in [0.25, 0.3) is 5.91 Å². The molecule has 0 aliphatic carbocycles. The fourth-order valence-electron chi connectivity index (χ4n) is 1.93.